The van der Waals surface area contributed by atoms with Crippen LogP contribution in [0.2, 0.25) is 0 Å². The third-order valence-corrected chi connectivity index (χ3v) is 10.5. The summed E-state index contributed by atoms with van der Waals surface area (Å²) in [6.07, 6.45) is 16.6. The van der Waals surface area contributed by atoms with E-state index in [0.29, 0.717) is 6.42 Å². The zero-order chi connectivity index (χ0) is 24.6. The Kier molecular flexibility index (Phi) is 10.8. The molecule has 0 radical (unpaired) electrons. The summed E-state index contributed by atoms with van der Waals surface area (Å²) in [6, 6.07) is 0. The molecule has 0 aromatic rings. The standard InChI is InChI=1S/C26H42O5S2/c1-25(2,19-27)17-7-5-9-20-11-13-22(32(20)30)15-16-23-14-12-21(33(23)31)10-6-8-18-26(3,4)24(28)29/h13-16,20-21,27H,5-12,17-19H2,1-4H3,(H,28,29). The number of carboxylic acids is 1. The van der Waals surface area contributed by atoms with E-state index in [1.54, 1.807) is 13.8 Å². The van der Waals surface area contributed by atoms with Gasteiger partial charge in [0.15, 0.2) is 0 Å². The topological polar surface area (TPSA) is 91.7 Å². The van der Waals surface area contributed by atoms with Gasteiger partial charge in [-0.05, 0) is 69.9 Å². The Labute approximate surface area is 204 Å². The van der Waals surface area contributed by atoms with Crippen LogP contribution >= 0.6 is 0 Å². The highest BCUT2D eigenvalue weighted by Crippen LogP contribution is 2.31. The molecule has 0 spiro atoms. The van der Waals surface area contributed by atoms with Gasteiger partial charge in [0.05, 0.1) is 27.0 Å². The number of aliphatic carboxylic acids is 1. The molecule has 0 saturated carbocycles. The molecule has 5 nitrogen and oxygen atoms in total. The predicted octanol–water partition coefficient (Wildman–Crippen LogP) is 5.60. The maximum Gasteiger partial charge on any atom is 0.309 e. The zero-order valence-electron chi connectivity index (χ0n) is 20.7. The molecule has 0 fully saturated rings. The second kappa shape index (κ2) is 12.6. The molecule has 0 saturated heterocycles. The average Bonchev–Trinajstić information content (AvgIpc) is 3.29. The van der Waals surface area contributed by atoms with Crippen molar-refractivity contribution in [2.24, 2.45) is 10.8 Å². The Morgan fingerprint density at radius 1 is 0.909 bits per heavy atom. The normalized spacial score (nSPS) is 26.1. The van der Waals surface area contributed by atoms with Crippen LogP contribution in [0.3, 0.4) is 0 Å². The van der Waals surface area contributed by atoms with Crippen molar-refractivity contribution >= 4 is 27.6 Å². The summed E-state index contributed by atoms with van der Waals surface area (Å²) >= 11 is 0. The molecule has 4 unspecified atom stereocenters. The molecule has 2 heterocycles. The molecule has 2 aliphatic heterocycles. The van der Waals surface area contributed by atoms with Gasteiger partial charge in [0, 0.05) is 26.9 Å². The summed E-state index contributed by atoms with van der Waals surface area (Å²) in [5, 5.41) is 18.8. The maximum absolute atomic E-state index is 12.8. The number of aliphatic hydroxyl groups excluding tert-OH is 1. The molecule has 33 heavy (non-hydrogen) atoms. The van der Waals surface area contributed by atoms with E-state index in [-0.39, 0.29) is 22.5 Å². The van der Waals surface area contributed by atoms with Gasteiger partial charge in [-0.25, -0.2) is 0 Å². The first-order chi connectivity index (χ1) is 15.5. The monoisotopic (exact) mass is 498 g/mol. The number of carbonyl (C=O) groups is 1. The van der Waals surface area contributed by atoms with Gasteiger partial charge in [0.25, 0.3) is 0 Å². The molecule has 0 amide bonds. The number of hydrogen-bond acceptors (Lipinski definition) is 4. The minimum Gasteiger partial charge on any atom is -0.481 e. The van der Waals surface area contributed by atoms with Crippen LogP contribution in [0.15, 0.2) is 34.1 Å². The van der Waals surface area contributed by atoms with Crippen molar-refractivity contribution in [1.29, 1.82) is 0 Å². The third-order valence-electron chi connectivity index (χ3n) is 6.86. The molecule has 0 aliphatic carbocycles. The number of aliphatic hydroxyl groups is 1. The van der Waals surface area contributed by atoms with Gasteiger partial charge in [-0.15, -0.1) is 0 Å². The molecule has 4 atom stereocenters. The molecule has 2 aliphatic rings. The lowest BCUT2D eigenvalue weighted by Gasteiger charge is -2.21. The largest absolute Gasteiger partial charge is 0.481 e. The molecule has 0 bridgehead atoms. The average molecular weight is 499 g/mol. The maximum atomic E-state index is 12.8. The third kappa shape index (κ3) is 8.59. The minimum atomic E-state index is -1.06. The van der Waals surface area contributed by atoms with Gasteiger partial charge in [0.1, 0.15) is 0 Å². The summed E-state index contributed by atoms with van der Waals surface area (Å²) in [5.74, 6) is -0.771. The summed E-state index contributed by atoms with van der Waals surface area (Å²) in [5.41, 5.74) is -0.752. The van der Waals surface area contributed by atoms with Crippen LogP contribution in [-0.4, -0.2) is 41.7 Å². The zero-order valence-corrected chi connectivity index (χ0v) is 22.3. The SMILES string of the molecule is CC(C)(CO)CCCCC1CC=C(C=CC2=CCC(CCCCC(C)(C)C(=O)O)S2=O)S1=O. The lowest BCUT2D eigenvalue weighted by Crippen LogP contribution is -2.23. The van der Waals surface area contributed by atoms with Crippen molar-refractivity contribution in [3.63, 3.8) is 0 Å². The van der Waals surface area contributed by atoms with Gasteiger partial charge in [0.2, 0.25) is 0 Å². The second-order valence-corrected chi connectivity index (χ2v) is 14.3. The Morgan fingerprint density at radius 2 is 1.36 bits per heavy atom. The van der Waals surface area contributed by atoms with Crippen LogP contribution in [0.25, 0.3) is 0 Å². The number of unbranched alkanes of at least 4 members (excludes halogenated alkanes) is 2. The van der Waals surface area contributed by atoms with E-state index in [4.69, 9.17) is 0 Å². The summed E-state index contributed by atoms with van der Waals surface area (Å²) in [4.78, 5) is 12.9. The van der Waals surface area contributed by atoms with Crippen LogP contribution in [0, 0.1) is 10.8 Å². The number of rotatable bonds is 14. The van der Waals surface area contributed by atoms with Gasteiger partial charge in [-0.1, -0.05) is 51.7 Å². The van der Waals surface area contributed by atoms with Gasteiger partial charge < -0.3 is 10.2 Å². The van der Waals surface area contributed by atoms with Gasteiger partial charge in [-0.3, -0.25) is 13.2 Å². The van der Waals surface area contributed by atoms with Crippen LogP contribution in [0.1, 0.15) is 91.9 Å². The van der Waals surface area contributed by atoms with Crippen LogP contribution in [0.4, 0.5) is 0 Å². The number of allylic oxidation sites excluding steroid dienone is 4. The van der Waals surface area contributed by atoms with E-state index in [1.807, 2.05) is 18.2 Å². The Bertz CT molecular complexity index is 823. The van der Waals surface area contributed by atoms with E-state index in [0.717, 1.165) is 67.6 Å². The fourth-order valence-corrected chi connectivity index (χ4v) is 7.20. The minimum absolute atomic E-state index is 0.0431. The lowest BCUT2D eigenvalue weighted by atomic mass is 9.87. The Morgan fingerprint density at radius 3 is 1.79 bits per heavy atom. The highest BCUT2D eigenvalue weighted by atomic mass is 32.2. The van der Waals surface area contributed by atoms with Crippen molar-refractivity contribution in [1.82, 2.24) is 0 Å². The van der Waals surface area contributed by atoms with E-state index < -0.39 is 33.0 Å². The first-order valence-corrected chi connectivity index (χ1v) is 14.6. The van der Waals surface area contributed by atoms with E-state index in [9.17, 15) is 23.4 Å². The summed E-state index contributed by atoms with van der Waals surface area (Å²) < 4.78 is 25.6. The van der Waals surface area contributed by atoms with Crippen LogP contribution in [-0.2, 0) is 26.4 Å². The highest BCUT2D eigenvalue weighted by molar-refractivity contribution is 7.90. The van der Waals surface area contributed by atoms with Crippen molar-refractivity contribution in [2.75, 3.05) is 6.61 Å². The highest BCUT2D eigenvalue weighted by Gasteiger charge is 2.28. The fraction of sp³-hybridized carbons (Fsp3) is 0.731. The molecule has 0 aromatic carbocycles. The predicted molar refractivity (Wildman–Crippen MR) is 138 cm³/mol. The molecule has 188 valence electrons. The molecule has 2 rings (SSSR count). The summed E-state index contributed by atoms with van der Waals surface area (Å²) in [6.45, 7) is 7.82. The van der Waals surface area contributed by atoms with Crippen molar-refractivity contribution in [2.45, 2.75) is 102 Å². The first kappa shape index (κ1) is 28.2. The number of hydrogen-bond donors (Lipinski definition) is 2. The molecular weight excluding hydrogens is 456 g/mol. The fourth-order valence-electron chi connectivity index (χ4n) is 4.20. The lowest BCUT2D eigenvalue weighted by molar-refractivity contribution is -0.147. The van der Waals surface area contributed by atoms with Gasteiger partial charge >= 0.3 is 5.97 Å². The van der Waals surface area contributed by atoms with Crippen LogP contribution in [0.5, 0.6) is 0 Å². The Balaban J connectivity index is 1.73. The number of carboxylic acid groups (broad SMARTS) is 1. The molecule has 2 N–H and O–H groups in total. The van der Waals surface area contributed by atoms with Crippen LogP contribution < -0.4 is 0 Å². The van der Waals surface area contributed by atoms with Crippen molar-refractivity contribution in [3.8, 4) is 0 Å². The van der Waals surface area contributed by atoms with Crippen molar-refractivity contribution < 1.29 is 23.4 Å². The molecule has 0 aromatic heterocycles. The van der Waals surface area contributed by atoms with Gasteiger partial charge in [-0.2, -0.15) is 0 Å². The molecule has 7 heteroatoms. The van der Waals surface area contributed by atoms with E-state index >= 15 is 0 Å². The van der Waals surface area contributed by atoms with Crippen molar-refractivity contribution in [3.05, 3.63) is 34.1 Å². The van der Waals surface area contributed by atoms with E-state index in [2.05, 4.69) is 19.9 Å². The summed E-state index contributed by atoms with van der Waals surface area (Å²) in [7, 11) is -2.07. The second-order valence-electron chi connectivity index (χ2n) is 10.9. The molecular formula is C26H42O5S2. The van der Waals surface area contributed by atoms with E-state index in [1.165, 1.54) is 0 Å². The quantitative estimate of drug-likeness (QED) is 0.304. The smallest absolute Gasteiger partial charge is 0.309 e. The Hall–Kier alpha value is -1.05. The first-order valence-electron chi connectivity index (χ1n) is 12.2.